The van der Waals surface area contributed by atoms with Gasteiger partial charge >= 0.3 is 0 Å². The summed E-state index contributed by atoms with van der Waals surface area (Å²) in [5.74, 6) is 1.38. The standard InChI is InChI=1S/C17H32N2OS/c1-11(2)10-13-17(20)19(16(18-13)12(3)4)14-8-6-7-9-15(14)21-5/h11-16,18H,6-10H2,1-5H3. The Labute approximate surface area is 134 Å². The molecule has 1 aliphatic heterocycles. The van der Waals surface area contributed by atoms with Crippen LogP contribution in [0, 0.1) is 11.8 Å². The second-order valence-electron chi connectivity index (χ2n) is 7.41. The van der Waals surface area contributed by atoms with E-state index in [-0.39, 0.29) is 12.2 Å². The summed E-state index contributed by atoms with van der Waals surface area (Å²) in [5, 5.41) is 4.25. The third-order valence-electron chi connectivity index (χ3n) is 4.89. The minimum atomic E-state index is 0.0295. The molecule has 1 heterocycles. The van der Waals surface area contributed by atoms with Gasteiger partial charge in [-0.2, -0.15) is 11.8 Å². The number of thioether (sulfide) groups is 1. The molecule has 1 N–H and O–H groups in total. The minimum Gasteiger partial charge on any atom is -0.321 e. The molecule has 0 aromatic heterocycles. The van der Waals surface area contributed by atoms with Crippen LogP contribution in [0.1, 0.15) is 59.8 Å². The summed E-state index contributed by atoms with van der Waals surface area (Å²) < 4.78 is 0. The molecule has 3 nitrogen and oxygen atoms in total. The molecule has 0 radical (unpaired) electrons. The van der Waals surface area contributed by atoms with Gasteiger partial charge in [0.2, 0.25) is 5.91 Å². The second-order valence-corrected chi connectivity index (χ2v) is 8.49. The first-order chi connectivity index (χ1) is 9.95. The number of carbonyl (C=O) groups is 1. The van der Waals surface area contributed by atoms with Gasteiger partial charge in [-0.15, -0.1) is 0 Å². The molecule has 4 atom stereocenters. The third kappa shape index (κ3) is 3.76. The van der Waals surface area contributed by atoms with Gasteiger partial charge in [0.25, 0.3) is 0 Å². The molecule has 1 amide bonds. The van der Waals surface area contributed by atoms with Crippen LogP contribution in [-0.2, 0) is 4.79 Å². The van der Waals surface area contributed by atoms with Crippen LogP contribution in [0.2, 0.25) is 0 Å². The molecule has 0 aromatic rings. The van der Waals surface area contributed by atoms with Crippen LogP contribution >= 0.6 is 11.8 Å². The molecular formula is C17H32N2OS. The lowest BCUT2D eigenvalue weighted by molar-refractivity contribution is -0.133. The van der Waals surface area contributed by atoms with Crippen molar-refractivity contribution in [3.05, 3.63) is 0 Å². The number of hydrogen-bond donors (Lipinski definition) is 1. The average Bonchev–Trinajstić information content (AvgIpc) is 2.75. The molecule has 4 heteroatoms. The fourth-order valence-corrected chi connectivity index (χ4v) is 4.85. The Bertz CT molecular complexity index is 359. The van der Waals surface area contributed by atoms with Crippen LogP contribution in [0.4, 0.5) is 0 Å². The molecule has 1 aliphatic carbocycles. The predicted molar refractivity (Wildman–Crippen MR) is 91.4 cm³/mol. The molecule has 0 bridgehead atoms. The zero-order valence-corrected chi connectivity index (χ0v) is 15.1. The summed E-state index contributed by atoms with van der Waals surface area (Å²) in [6.07, 6.45) is 8.40. The van der Waals surface area contributed by atoms with Gasteiger partial charge in [-0.1, -0.05) is 40.5 Å². The van der Waals surface area contributed by atoms with Crippen molar-refractivity contribution in [1.82, 2.24) is 10.2 Å². The highest BCUT2D eigenvalue weighted by Crippen LogP contribution is 2.35. The van der Waals surface area contributed by atoms with Crippen molar-refractivity contribution in [2.45, 2.75) is 83.3 Å². The normalized spacial score (nSPS) is 34.2. The lowest BCUT2D eigenvalue weighted by Gasteiger charge is -2.41. The molecular weight excluding hydrogens is 280 g/mol. The number of hydrogen-bond acceptors (Lipinski definition) is 3. The highest BCUT2D eigenvalue weighted by Gasteiger charge is 2.45. The van der Waals surface area contributed by atoms with E-state index in [0.717, 1.165) is 6.42 Å². The van der Waals surface area contributed by atoms with E-state index in [0.29, 0.717) is 29.0 Å². The molecule has 122 valence electrons. The summed E-state index contributed by atoms with van der Waals surface area (Å²) in [6, 6.07) is 0.458. The highest BCUT2D eigenvalue weighted by atomic mass is 32.2. The van der Waals surface area contributed by atoms with Gasteiger partial charge in [-0.3, -0.25) is 10.1 Å². The first-order valence-electron chi connectivity index (χ1n) is 8.56. The average molecular weight is 313 g/mol. The van der Waals surface area contributed by atoms with Gasteiger partial charge in [-0.25, -0.2) is 0 Å². The van der Waals surface area contributed by atoms with Crippen LogP contribution in [0.25, 0.3) is 0 Å². The molecule has 2 rings (SSSR count). The maximum Gasteiger partial charge on any atom is 0.241 e. The van der Waals surface area contributed by atoms with E-state index in [1.54, 1.807) is 0 Å². The Morgan fingerprint density at radius 1 is 1.24 bits per heavy atom. The maximum atomic E-state index is 13.0. The van der Waals surface area contributed by atoms with Crippen LogP contribution in [-0.4, -0.2) is 40.6 Å². The van der Waals surface area contributed by atoms with E-state index >= 15 is 0 Å². The topological polar surface area (TPSA) is 32.3 Å². The van der Waals surface area contributed by atoms with E-state index in [1.165, 1.54) is 25.7 Å². The first-order valence-corrected chi connectivity index (χ1v) is 9.85. The summed E-state index contributed by atoms with van der Waals surface area (Å²) in [5.41, 5.74) is 0. The molecule has 1 saturated heterocycles. The lowest BCUT2D eigenvalue weighted by Crippen LogP contribution is -2.52. The molecule has 1 saturated carbocycles. The van der Waals surface area contributed by atoms with Crippen molar-refractivity contribution in [2.75, 3.05) is 6.26 Å². The minimum absolute atomic E-state index is 0.0295. The molecule has 0 aromatic carbocycles. The van der Waals surface area contributed by atoms with Gasteiger partial charge in [0.1, 0.15) is 0 Å². The zero-order chi connectivity index (χ0) is 15.6. The molecule has 4 unspecified atom stereocenters. The van der Waals surface area contributed by atoms with E-state index in [9.17, 15) is 4.79 Å². The number of nitrogens with zero attached hydrogens (tertiary/aromatic N) is 1. The second kappa shape index (κ2) is 7.36. The highest BCUT2D eigenvalue weighted by molar-refractivity contribution is 7.99. The monoisotopic (exact) mass is 312 g/mol. The largest absolute Gasteiger partial charge is 0.321 e. The Balaban J connectivity index is 2.18. The molecule has 2 aliphatic rings. The van der Waals surface area contributed by atoms with Crippen molar-refractivity contribution < 1.29 is 4.79 Å². The van der Waals surface area contributed by atoms with Gasteiger partial charge in [-0.05, 0) is 37.4 Å². The summed E-state index contributed by atoms with van der Waals surface area (Å²) in [4.78, 5) is 15.2. The van der Waals surface area contributed by atoms with Crippen LogP contribution in [0.3, 0.4) is 0 Å². The fraction of sp³-hybridized carbons (Fsp3) is 0.941. The third-order valence-corrected chi connectivity index (χ3v) is 6.05. The van der Waals surface area contributed by atoms with Crippen LogP contribution < -0.4 is 5.32 Å². The lowest BCUT2D eigenvalue weighted by atomic mass is 9.92. The summed E-state index contributed by atoms with van der Waals surface area (Å²) >= 11 is 1.95. The van der Waals surface area contributed by atoms with Gasteiger partial charge in [0.15, 0.2) is 0 Å². The Morgan fingerprint density at radius 2 is 1.90 bits per heavy atom. The van der Waals surface area contributed by atoms with Gasteiger partial charge < -0.3 is 4.90 Å². The van der Waals surface area contributed by atoms with Crippen molar-refractivity contribution in [3.63, 3.8) is 0 Å². The molecule has 2 fully saturated rings. The fourth-order valence-electron chi connectivity index (χ4n) is 3.87. The van der Waals surface area contributed by atoms with Crippen molar-refractivity contribution >= 4 is 17.7 Å². The summed E-state index contributed by atoms with van der Waals surface area (Å²) in [7, 11) is 0. The number of nitrogens with one attached hydrogen (secondary N) is 1. The smallest absolute Gasteiger partial charge is 0.241 e. The zero-order valence-electron chi connectivity index (χ0n) is 14.3. The first kappa shape index (κ1) is 17.1. The summed E-state index contributed by atoms with van der Waals surface area (Å²) in [6.45, 7) is 8.86. The molecule has 0 spiro atoms. The van der Waals surface area contributed by atoms with Crippen molar-refractivity contribution in [1.29, 1.82) is 0 Å². The van der Waals surface area contributed by atoms with Crippen LogP contribution in [0.15, 0.2) is 0 Å². The van der Waals surface area contributed by atoms with Gasteiger partial charge in [0.05, 0.1) is 12.2 Å². The molecule has 21 heavy (non-hydrogen) atoms. The number of carbonyl (C=O) groups excluding carboxylic acids is 1. The van der Waals surface area contributed by atoms with E-state index in [4.69, 9.17) is 0 Å². The Hall–Kier alpha value is -0.220. The van der Waals surface area contributed by atoms with E-state index in [2.05, 4.69) is 44.2 Å². The Kier molecular flexibility index (Phi) is 6.01. The van der Waals surface area contributed by atoms with Crippen molar-refractivity contribution in [3.8, 4) is 0 Å². The van der Waals surface area contributed by atoms with Gasteiger partial charge in [0, 0.05) is 11.3 Å². The van der Waals surface area contributed by atoms with E-state index < -0.39 is 0 Å². The van der Waals surface area contributed by atoms with E-state index in [1.807, 2.05) is 11.8 Å². The number of rotatable bonds is 5. The number of amides is 1. The predicted octanol–water partition coefficient (Wildman–Crippen LogP) is 3.49. The SMILES string of the molecule is CSC1CCCCC1N1C(=O)C(CC(C)C)NC1C(C)C. The van der Waals surface area contributed by atoms with Crippen LogP contribution in [0.5, 0.6) is 0 Å². The maximum absolute atomic E-state index is 13.0. The Morgan fingerprint density at radius 3 is 2.48 bits per heavy atom. The van der Waals surface area contributed by atoms with Crippen molar-refractivity contribution in [2.24, 2.45) is 11.8 Å². The quantitative estimate of drug-likeness (QED) is 0.843.